The summed E-state index contributed by atoms with van der Waals surface area (Å²) in [6, 6.07) is 3.98. The lowest BCUT2D eigenvalue weighted by Gasteiger charge is -2.23. The Morgan fingerprint density at radius 3 is 2.53 bits per heavy atom. The van der Waals surface area contributed by atoms with Gasteiger partial charge in [-0.25, -0.2) is 9.78 Å². The van der Waals surface area contributed by atoms with E-state index in [1.54, 1.807) is 10.9 Å². The Morgan fingerprint density at radius 1 is 1.10 bits per heavy atom. The first-order valence-corrected chi connectivity index (χ1v) is 11.2. The van der Waals surface area contributed by atoms with Crippen LogP contribution in [0.5, 0.6) is 5.75 Å². The van der Waals surface area contributed by atoms with E-state index in [1.165, 1.54) is 19.3 Å². The summed E-state index contributed by atoms with van der Waals surface area (Å²) < 4.78 is 13.5. The zero-order valence-corrected chi connectivity index (χ0v) is 18.0. The molecule has 0 saturated heterocycles. The molecule has 2 aliphatic rings. The number of nitrogens with one attached hydrogen (secondary N) is 1. The Morgan fingerprint density at radius 2 is 1.80 bits per heavy atom. The summed E-state index contributed by atoms with van der Waals surface area (Å²) in [6.45, 7) is 2.33. The zero-order valence-electron chi connectivity index (χ0n) is 18.0. The number of nitrogens with zero attached hydrogens (tertiary/aromatic N) is 3. The number of pyridine rings is 1. The number of rotatable bonds is 6. The maximum absolute atomic E-state index is 12.1. The molecular formula is C23H32N4O3. The maximum Gasteiger partial charge on any atom is 0.407 e. The summed E-state index contributed by atoms with van der Waals surface area (Å²) in [7, 11) is 1.87. The Hall–Kier alpha value is -2.57. The van der Waals surface area contributed by atoms with Crippen LogP contribution in [0.15, 0.2) is 18.3 Å². The van der Waals surface area contributed by atoms with Crippen molar-refractivity contribution in [3.05, 3.63) is 29.7 Å². The van der Waals surface area contributed by atoms with E-state index in [0.29, 0.717) is 12.6 Å². The van der Waals surface area contributed by atoms with Crippen LogP contribution < -0.4 is 10.1 Å². The molecule has 0 aliphatic heterocycles. The van der Waals surface area contributed by atoms with Crippen molar-refractivity contribution >= 4 is 6.09 Å². The van der Waals surface area contributed by atoms with E-state index in [-0.39, 0.29) is 12.2 Å². The van der Waals surface area contributed by atoms with Gasteiger partial charge in [0, 0.05) is 12.6 Å². The highest BCUT2D eigenvalue weighted by molar-refractivity contribution is 5.68. The summed E-state index contributed by atoms with van der Waals surface area (Å²) in [5, 5.41) is 7.24. The molecule has 0 radical (unpaired) electrons. The van der Waals surface area contributed by atoms with Crippen LogP contribution >= 0.6 is 0 Å². The van der Waals surface area contributed by atoms with Crippen LogP contribution in [-0.2, 0) is 18.3 Å². The average Bonchev–Trinajstić information content (AvgIpc) is 3.38. The molecule has 2 heterocycles. The Bertz CT molecular complexity index is 867. The first kappa shape index (κ1) is 20.7. The number of amides is 1. The van der Waals surface area contributed by atoms with Gasteiger partial charge in [0.2, 0.25) is 0 Å². The van der Waals surface area contributed by atoms with E-state index in [1.807, 2.05) is 26.1 Å². The van der Waals surface area contributed by atoms with Gasteiger partial charge in [0.05, 0.1) is 35.9 Å². The first-order valence-electron chi connectivity index (χ1n) is 11.2. The van der Waals surface area contributed by atoms with Crippen molar-refractivity contribution in [2.45, 2.75) is 83.5 Å². The molecule has 4 rings (SSSR count). The third kappa shape index (κ3) is 4.94. The number of hydrogen-bond donors (Lipinski definition) is 1. The van der Waals surface area contributed by atoms with E-state index in [2.05, 4.69) is 10.4 Å². The van der Waals surface area contributed by atoms with Crippen LogP contribution in [-0.4, -0.2) is 33.1 Å². The lowest BCUT2D eigenvalue weighted by molar-refractivity contribution is 0.100. The summed E-state index contributed by atoms with van der Waals surface area (Å²) in [6.07, 6.45) is 12.0. The van der Waals surface area contributed by atoms with E-state index in [0.717, 1.165) is 66.9 Å². The lowest BCUT2D eigenvalue weighted by atomic mass is 9.98. The van der Waals surface area contributed by atoms with Crippen molar-refractivity contribution in [1.82, 2.24) is 20.1 Å². The van der Waals surface area contributed by atoms with Gasteiger partial charge in [-0.3, -0.25) is 4.68 Å². The Labute approximate surface area is 178 Å². The molecule has 0 unspecified atom stereocenters. The predicted octanol–water partition coefficient (Wildman–Crippen LogP) is 4.67. The van der Waals surface area contributed by atoms with Gasteiger partial charge in [0.1, 0.15) is 11.9 Å². The molecule has 2 aliphatic carbocycles. The minimum Gasteiger partial charge on any atom is -0.489 e. The molecule has 0 atom stereocenters. The van der Waals surface area contributed by atoms with E-state index < -0.39 is 0 Å². The number of carbonyl (C=O) groups excluding carboxylic acids is 1. The molecular weight excluding hydrogens is 380 g/mol. The van der Waals surface area contributed by atoms with Crippen molar-refractivity contribution in [3.8, 4) is 17.0 Å². The monoisotopic (exact) mass is 412 g/mol. The molecule has 162 valence electrons. The van der Waals surface area contributed by atoms with Crippen LogP contribution in [0.1, 0.15) is 69.2 Å². The van der Waals surface area contributed by atoms with Gasteiger partial charge in [0.15, 0.2) is 0 Å². The fraction of sp³-hybridized carbons (Fsp3) is 0.609. The highest BCUT2D eigenvalue weighted by Crippen LogP contribution is 2.29. The van der Waals surface area contributed by atoms with E-state index >= 15 is 0 Å². The molecule has 30 heavy (non-hydrogen) atoms. The van der Waals surface area contributed by atoms with Gasteiger partial charge in [-0.05, 0) is 70.4 Å². The normalized spacial score (nSPS) is 17.8. The van der Waals surface area contributed by atoms with Gasteiger partial charge in [0.25, 0.3) is 0 Å². The smallest absolute Gasteiger partial charge is 0.407 e. The van der Waals surface area contributed by atoms with Crippen molar-refractivity contribution < 1.29 is 14.3 Å². The molecule has 0 aromatic carbocycles. The van der Waals surface area contributed by atoms with Gasteiger partial charge >= 0.3 is 6.09 Å². The van der Waals surface area contributed by atoms with Crippen LogP contribution in [0.4, 0.5) is 4.79 Å². The minimum absolute atomic E-state index is 0.0528. The standard InChI is InChI=1S/C23H32N4O3/c1-16-22(29-17-8-4-3-5-9-17)13-12-20(26-16)19-14-25-27(2)21(19)15-24-23(28)30-18-10-6-7-11-18/h12-14,17-18H,3-11,15H2,1-2H3,(H,24,28). The van der Waals surface area contributed by atoms with E-state index in [9.17, 15) is 4.79 Å². The molecule has 0 bridgehead atoms. The predicted molar refractivity (Wildman–Crippen MR) is 114 cm³/mol. The Balaban J connectivity index is 1.42. The number of alkyl carbamates (subject to hydrolysis) is 1. The maximum atomic E-state index is 12.1. The van der Waals surface area contributed by atoms with Gasteiger partial charge in [-0.2, -0.15) is 5.10 Å². The molecule has 1 amide bonds. The largest absolute Gasteiger partial charge is 0.489 e. The summed E-state index contributed by atoms with van der Waals surface area (Å²) in [5.41, 5.74) is 3.51. The van der Waals surface area contributed by atoms with Crippen LogP contribution in [0.25, 0.3) is 11.3 Å². The molecule has 7 nitrogen and oxygen atoms in total. The first-order chi connectivity index (χ1) is 14.6. The summed E-state index contributed by atoms with van der Waals surface area (Å²) in [4.78, 5) is 16.9. The van der Waals surface area contributed by atoms with Crippen LogP contribution in [0.2, 0.25) is 0 Å². The second-order valence-corrected chi connectivity index (χ2v) is 8.45. The SMILES string of the molecule is Cc1nc(-c2cnn(C)c2CNC(=O)OC2CCCC2)ccc1OC1CCCCC1. The number of aromatic nitrogens is 3. The summed E-state index contributed by atoms with van der Waals surface area (Å²) >= 11 is 0. The number of hydrogen-bond acceptors (Lipinski definition) is 5. The molecule has 7 heteroatoms. The third-order valence-electron chi connectivity index (χ3n) is 6.20. The fourth-order valence-electron chi connectivity index (χ4n) is 4.43. The van der Waals surface area contributed by atoms with Crippen LogP contribution in [0, 0.1) is 6.92 Å². The van der Waals surface area contributed by atoms with Gasteiger partial charge in [-0.15, -0.1) is 0 Å². The van der Waals surface area contributed by atoms with Crippen molar-refractivity contribution in [2.24, 2.45) is 7.05 Å². The second kappa shape index (κ2) is 9.49. The zero-order chi connectivity index (χ0) is 20.9. The fourth-order valence-corrected chi connectivity index (χ4v) is 4.43. The molecule has 2 fully saturated rings. The molecule has 2 saturated carbocycles. The topological polar surface area (TPSA) is 78.3 Å². The average molecular weight is 413 g/mol. The Kier molecular flexibility index (Phi) is 6.55. The molecule has 1 N–H and O–H groups in total. The number of ether oxygens (including phenoxy) is 2. The van der Waals surface area contributed by atoms with Crippen molar-refractivity contribution in [1.29, 1.82) is 0 Å². The summed E-state index contributed by atoms with van der Waals surface area (Å²) in [5.74, 6) is 0.856. The lowest BCUT2D eigenvalue weighted by Crippen LogP contribution is -2.28. The highest BCUT2D eigenvalue weighted by atomic mass is 16.6. The highest BCUT2D eigenvalue weighted by Gasteiger charge is 2.21. The van der Waals surface area contributed by atoms with E-state index in [4.69, 9.17) is 14.5 Å². The number of aryl methyl sites for hydroxylation is 2. The van der Waals surface area contributed by atoms with Gasteiger partial charge < -0.3 is 14.8 Å². The van der Waals surface area contributed by atoms with Gasteiger partial charge in [-0.1, -0.05) is 6.42 Å². The van der Waals surface area contributed by atoms with Crippen molar-refractivity contribution in [3.63, 3.8) is 0 Å². The number of carbonyl (C=O) groups is 1. The minimum atomic E-state index is -0.366. The molecule has 0 spiro atoms. The third-order valence-corrected chi connectivity index (χ3v) is 6.20. The van der Waals surface area contributed by atoms with Crippen LogP contribution in [0.3, 0.4) is 0 Å². The van der Waals surface area contributed by atoms with Crippen molar-refractivity contribution in [2.75, 3.05) is 0 Å². The second-order valence-electron chi connectivity index (χ2n) is 8.45. The molecule has 2 aromatic rings. The quantitative estimate of drug-likeness (QED) is 0.746. The molecule has 2 aromatic heterocycles.